The molecule has 0 fully saturated rings. The number of amides is 1. The number of nitrogens with zero attached hydrogens (tertiary/aromatic N) is 1. The second-order valence-electron chi connectivity index (χ2n) is 9.09. The molecule has 0 bridgehead atoms. The fourth-order valence-corrected chi connectivity index (χ4v) is 4.77. The number of phenols is 1. The molecule has 1 atom stereocenters. The zero-order valence-electron chi connectivity index (χ0n) is 21.8. The lowest BCUT2D eigenvalue weighted by Crippen LogP contribution is -2.39. The summed E-state index contributed by atoms with van der Waals surface area (Å²) in [4.78, 5) is 21.6. The van der Waals surface area contributed by atoms with Gasteiger partial charge < -0.3 is 34.7 Å². The third-order valence-electron chi connectivity index (χ3n) is 6.69. The van der Waals surface area contributed by atoms with Gasteiger partial charge in [-0.05, 0) is 54.4 Å². The van der Waals surface area contributed by atoms with Gasteiger partial charge in [0.05, 0.1) is 50.8 Å². The van der Waals surface area contributed by atoms with Gasteiger partial charge in [0.15, 0.2) is 11.5 Å². The lowest BCUT2D eigenvalue weighted by Gasteiger charge is -2.18. The molecule has 4 N–H and O–H groups in total. The number of aromatic amines is 1. The Labute approximate surface area is 225 Å². The monoisotopic (exact) mass is 527 g/mol. The molecule has 0 saturated heterocycles. The number of benzene rings is 3. The molecule has 3 aromatic carbocycles. The van der Waals surface area contributed by atoms with Crippen molar-refractivity contribution in [1.29, 1.82) is 0 Å². The quantitative estimate of drug-likeness (QED) is 0.223. The van der Waals surface area contributed by atoms with E-state index >= 15 is 0 Å². The van der Waals surface area contributed by atoms with Crippen molar-refractivity contribution in [3.63, 3.8) is 0 Å². The molecule has 0 spiro atoms. The average molecular weight is 528 g/mol. The van der Waals surface area contributed by atoms with E-state index in [1.165, 1.54) is 21.3 Å². The summed E-state index contributed by atoms with van der Waals surface area (Å²) in [7, 11) is 4.61. The van der Waals surface area contributed by atoms with Gasteiger partial charge >= 0.3 is 0 Å². The highest BCUT2D eigenvalue weighted by atomic mass is 16.5. The molecule has 0 aliphatic carbocycles. The number of rotatable bonds is 9. The smallest absolute Gasteiger partial charge is 0.252 e. The maximum absolute atomic E-state index is 13.6. The molecule has 0 saturated carbocycles. The number of fused-ring (bicyclic) bond motifs is 2. The minimum atomic E-state index is -0.560. The molecule has 1 amide bonds. The molecule has 200 valence electrons. The molecule has 9 heteroatoms. The second-order valence-corrected chi connectivity index (χ2v) is 9.09. The number of phenolic OH excluding ortho intramolecular Hbond substituents is 1. The van der Waals surface area contributed by atoms with Crippen LogP contribution in [0.15, 0.2) is 66.9 Å². The number of aliphatic hydroxyl groups excluding tert-OH is 1. The van der Waals surface area contributed by atoms with Gasteiger partial charge in [0.2, 0.25) is 5.75 Å². The van der Waals surface area contributed by atoms with Crippen LogP contribution in [0.3, 0.4) is 0 Å². The lowest BCUT2D eigenvalue weighted by molar-refractivity contribution is 0.0918. The summed E-state index contributed by atoms with van der Waals surface area (Å²) >= 11 is 0. The number of hydrogen-bond acceptors (Lipinski definition) is 7. The largest absolute Gasteiger partial charge is 0.508 e. The number of hydrogen-bond donors (Lipinski definition) is 4. The van der Waals surface area contributed by atoms with Crippen molar-refractivity contribution in [2.45, 2.75) is 12.5 Å². The van der Waals surface area contributed by atoms with E-state index in [2.05, 4.69) is 10.3 Å². The van der Waals surface area contributed by atoms with E-state index in [1.807, 2.05) is 30.5 Å². The molecular formula is C30H29N3O6. The van der Waals surface area contributed by atoms with Gasteiger partial charge in [0.1, 0.15) is 5.75 Å². The van der Waals surface area contributed by atoms with Crippen molar-refractivity contribution in [1.82, 2.24) is 15.3 Å². The number of carbonyl (C=O) groups excluding carboxylic acids is 1. The summed E-state index contributed by atoms with van der Waals surface area (Å²) in [6.07, 6.45) is 2.19. The van der Waals surface area contributed by atoms with Gasteiger partial charge in [-0.3, -0.25) is 4.79 Å². The Morgan fingerprint density at radius 2 is 1.72 bits per heavy atom. The highest BCUT2D eigenvalue weighted by molar-refractivity contribution is 6.07. The van der Waals surface area contributed by atoms with Crippen LogP contribution in [0.2, 0.25) is 0 Å². The molecule has 9 nitrogen and oxygen atoms in total. The van der Waals surface area contributed by atoms with Gasteiger partial charge in [-0.25, -0.2) is 4.98 Å². The third kappa shape index (κ3) is 5.04. The van der Waals surface area contributed by atoms with Gasteiger partial charge in [-0.15, -0.1) is 0 Å². The number of ether oxygens (including phenoxy) is 3. The number of aromatic hydroxyl groups is 1. The topological polar surface area (TPSA) is 126 Å². The Bertz CT molecular complexity index is 1640. The molecule has 0 radical (unpaired) electrons. The number of aromatic nitrogens is 2. The number of methoxy groups -OCH3 is 3. The van der Waals surface area contributed by atoms with Crippen LogP contribution in [0.25, 0.3) is 33.1 Å². The minimum Gasteiger partial charge on any atom is -0.508 e. The fourth-order valence-electron chi connectivity index (χ4n) is 4.77. The molecule has 2 heterocycles. The van der Waals surface area contributed by atoms with Crippen molar-refractivity contribution in [3.8, 4) is 34.3 Å². The highest BCUT2D eigenvalue weighted by Gasteiger charge is 2.21. The number of para-hydroxylation sites is 1. The molecule has 2 aromatic heterocycles. The van der Waals surface area contributed by atoms with E-state index in [9.17, 15) is 15.0 Å². The normalized spacial score (nSPS) is 11.9. The molecular weight excluding hydrogens is 498 g/mol. The van der Waals surface area contributed by atoms with Crippen molar-refractivity contribution >= 4 is 27.7 Å². The molecule has 39 heavy (non-hydrogen) atoms. The average Bonchev–Trinajstić information content (AvgIpc) is 3.36. The van der Waals surface area contributed by atoms with Crippen molar-refractivity contribution in [3.05, 3.63) is 78.0 Å². The van der Waals surface area contributed by atoms with Crippen LogP contribution in [0.1, 0.15) is 15.9 Å². The van der Waals surface area contributed by atoms with Crippen LogP contribution in [-0.4, -0.2) is 60.1 Å². The third-order valence-corrected chi connectivity index (χ3v) is 6.69. The van der Waals surface area contributed by atoms with Crippen LogP contribution in [0.4, 0.5) is 0 Å². The number of aliphatic hydroxyl groups is 1. The molecule has 1 unspecified atom stereocenters. The lowest BCUT2D eigenvalue weighted by atomic mass is 10.0. The standard InChI is InChI=1S/C30H29N3O6/c1-37-27-11-17(12-28(38-2)29(27)39-3)26-14-23(21-6-4-5-7-25(21)33-26)30(36)32-19(16-34)10-18-15-31-24-9-8-20(35)13-22(18)24/h4-9,11-15,19,31,34-35H,10,16H2,1-3H3,(H,32,36). The SMILES string of the molecule is COc1cc(-c2cc(C(=O)NC(CO)Cc3c[nH]c4ccc(O)cc34)c3ccccc3n2)cc(OC)c1OC. The number of H-pyrrole nitrogens is 1. The predicted molar refractivity (Wildman–Crippen MR) is 149 cm³/mol. The summed E-state index contributed by atoms with van der Waals surface area (Å²) in [6, 6.07) is 17.2. The summed E-state index contributed by atoms with van der Waals surface area (Å²) in [6.45, 7) is -0.264. The zero-order valence-corrected chi connectivity index (χ0v) is 21.8. The maximum atomic E-state index is 13.6. The van der Waals surface area contributed by atoms with E-state index in [4.69, 9.17) is 19.2 Å². The molecule has 0 aliphatic heterocycles. The second kappa shape index (κ2) is 10.9. The van der Waals surface area contributed by atoms with Crippen LogP contribution < -0.4 is 19.5 Å². The van der Waals surface area contributed by atoms with Crippen LogP contribution >= 0.6 is 0 Å². The Kier molecular flexibility index (Phi) is 7.25. The predicted octanol–water partition coefficient (Wildman–Crippen LogP) is 4.45. The number of pyridine rings is 1. The van der Waals surface area contributed by atoms with Crippen LogP contribution in [-0.2, 0) is 6.42 Å². The Morgan fingerprint density at radius 1 is 0.974 bits per heavy atom. The van der Waals surface area contributed by atoms with Crippen molar-refractivity contribution in [2.75, 3.05) is 27.9 Å². The van der Waals surface area contributed by atoms with Crippen molar-refractivity contribution in [2.24, 2.45) is 0 Å². The highest BCUT2D eigenvalue weighted by Crippen LogP contribution is 2.41. The fraction of sp³-hybridized carbons (Fsp3) is 0.200. The van der Waals surface area contributed by atoms with Crippen molar-refractivity contribution < 1.29 is 29.2 Å². The molecule has 0 aliphatic rings. The molecule has 5 rings (SSSR count). The zero-order chi connectivity index (χ0) is 27.5. The van der Waals surface area contributed by atoms with Gasteiger partial charge in [-0.2, -0.15) is 0 Å². The van der Waals surface area contributed by atoms with Crippen LogP contribution in [0.5, 0.6) is 23.0 Å². The summed E-state index contributed by atoms with van der Waals surface area (Å²) in [5, 5.41) is 24.5. The van der Waals surface area contributed by atoms with E-state index < -0.39 is 6.04 Å². The minimum absolute atomic E-state index is 0.149. The van der Waals surface area contributed by atoms with E-state index in [1.54, 1.807) is 36.4 Å². The van der Waals surface area contributed by atoms with E-state index in [-0.39, 0.29) is 18.3 Å². The first-order valence-electron chi connectivity index (χ1n) is 12.4. The summed E-state index contributed by atoms with van der Waals surface area (Å²) in [5.41, 5.74) is 4.02. The van der Waals surface area contributed by atoms with Gasteiger partial charge in [0.25, 0.3) is 5.91 Å². The van der Waals surface area contributed by atoms with E-state index in [0.29, 0.717) is 51.4 Å². The first-order chi connectivity index (χ1) is 18.9. The Balaban J connectivity index is 1.51. The Morgan fingerprint density at radius 3 is 2.41 bits per heavy atom. The van der Waals surface area contributed by atoms with Gasteiger partial charge in [0, 0.05) is 28.0 Å². The van der Waals surface area contributed by atoms with E-state index in [0.717, 1.165) is 16.5 Å². The first-order valence-corrected chi connectivity index (χ1v) is 12.4. The summed E-state index contributed by atoms with van der Waals surface area (Å²) in [5.74, 6) is 1.20. The summed E-state index contributed by atoms with van der Waals surface area (Å²) < 4.78 is 16.4. The maximum Gasteiger partial charge on any atom is 0.252 e. The first kappa shape index (κ1) is 25.9. The Hall–Kier alpha value is -4.76. The number of carbonyl (C=O) groups is 1. The number of nitrogens with one attached hydrogen (secondary N) is 2. The van der Waals surface area contributed by atoms with Crippen LogP contribution in [0, 0.1) is 0 Å². The molecule has 5 aromatic rings. The van der Waals surface area contributed by atoms with Gasteiger partial charge in [-0.1, -0.05) is 18.2 Å².